The van der Waals surface area contributed by atoms with E-state index >= 15 is 0 Å². The van der Waals surface area contributed by atoms with Crippen LogP contribution in [0.2, 0.25) is 0 Å². The zero-order valence-corrected chi connectivity index (χ0v) is 14.6. The summed E-state index contributed by atoms with van der Waals surface area (Å²) in [5.41, 5.74) is 0.593. The molecule has 0 N–H and O–H groups in total. The summed E-state index contributed by atoms with van der Waals surface area (Å²) in [6.07, 6.45) is -0.607. The third-order valence-corrected chi connectivity index (χ3v) is 5.32. The highest BCUT2D eigenvalue weighted by molar-refractivity contribution is 7.86. The molecule has 0 amide bonds. The van der Waals surface area contributed by atoms with Crippen LogP contribution in [0.3, 0.4) is 0 Å². The van der Waals surface area contributed by atoms with Crippen LogP contribution < -0.4 is 0 Å². The molecule has 0 saturated heterocycles. The van der Waals surface area contributed by atoms with Crippen LogP contribution in [0.15, 0.2) is 30.3 Å². The van der Waals surface area contributed by atoms with Crippen molar-refractivity contribution in [1.29, 1.82) is 0 Å². The minimum Gasteiger partial charge on any atom is -0.307 e. The second kappa shape index (κ2) is 9.67. The van der Waals surface area contributed by atoms with Crippen molar-refractivity contribution < 1.29 is 26.2 Å². The molecule has 1 aromatic carbocycles. The van der Waals surface area contributed by atoms with E-state index in [0.29, 0.717) is 5.56 Å². The Balaban J connectivity index is 0.00000400. The highest BCUT2D eigenvalue weighted by Gasteiger charge is 2.27. The van der Waals surface area contributed by atoms with Crippen molar-refractivity contribution in [3.8, 4) is 0 Å². The van der Waals surface area contributed by atoms with E-state index in [1.807, 2.05) is 0 Å². The van der Waals surface area contributed by atoms with Crippen molar-refractivity contribution in [1.82, 2.24) is 0 Å². The first-order chi connectivity index (χ1) is 9.41. The fourth-order valence-corrected chi connectivity index (χ4v) is 4.32. The van der Waals surface area contributed by atoms with Gasteiger partial charge in [0.1, 0.15) is 5.75 Å². The molecule has 0 aliphatic heterocycles. The van der Waals surface area contributed by atoms with Gasteiger partial charge in [-0.2, -0.15) is 8.42 Å². The van der Waals surface area contributed by atoms with E-state index < -0.39 is 24.1 Å². The summed E-state index contributed by atoms with van der Waals surface area (Å²) in [7, 11) is -7.36. The van der Waals surface area contributed by atoms with Gasteiger partial charge in [-0.25, -0.2) is 0 Å². The molecular formula is C12H19O6P2S. The average molecular weight is 353 g/mol. The zero-order valence-electron chi connectivity index (χ0n) is 12.0. The molecular weight excluding hydrogens is 334 g/mol. The van der Waals surface area contributed by atoms with E-state index in [0.717, 1.165) is 0 Å². The Morgan fingerprint density at radius 1 is 1.05 bits per heavy atom. The quantitative estimate of drug-likeness (QED) is 0.498. The van der Waals surface area contributed by atoms with Crippen molar-refractivity contribution in [3.05, 3.63) is 35.9 Å². The summed E-state index contributed by atoms with van der Waals surface area (Å²) in [6, 6.07) is 8.60. The zero-order chi connectivity index (χ0) is 15.1. The van der Waals surface area contributed by atoms with E-state index in [9.17, 15) is 13.0 Å². The molecule has 0 aliphatic carbocycles. The fourth-order valence-electron chi connectivity index (χ4n) is 1.47. The van der Waals surface area contributed by atoms with Gasteiger partial charge in [0.25, 0.3) is 10.1 Å². The largest absolute Gasteiger partial charge is 0.357 e. The molecule has 0 saturated carbocycles. The fraction of sp³-hybridized carbons (Fsp3) is 0.500. The minimum absolute atomic E-state index is 0. The third kappa shape index (κ3) is 8.05. The maximum absolute atomic E-state index is 12.1. The lowest BCUT2D eigenvalue weighted by atomic mass is 10.2. The molecule has 0 fully saturated rings. The first kappa shape index (κ1) is 20.7. The smallest absolute Gasteiger partial charge is 0.307 e. The van der Waals surface area contributed by atoms with Crippen LogP contribution in [0.4, 0.5) is 0 Å². The Hall–Kier alpha value is -0.290. The Bertz CT molecular complexity index is 536. The molecule has 1 rings (SSSR count). The van der Waals surface area contributed by atoms with Gasteiger partial charge in [-0.05, 0) is 19.4 Å². The Kier molecular flexibility index (Phi) is 9.54. The molecule has 0 aliphatic rings. The maximum atomic E-state index is 12.1. The molecule has 9 heteroatoms. The Labute approximate surface area is 129 Å². The molecule has 0 spiro atoms. The molecule has 0 aromatic heterocycles. The second-order valence-electron chi connectivity index (χ2n) is 3.88. The second-order valence-corrected chi connectivity index (χ2v) is 7.52. The van der Waals surface area contributed by atoms with E-state index in [4.69, 9.17) is 13.2 Å². The molecule has 0 heterocycles. The topological polar surface area (TPSA) is 78.9 Å². The lowest BCUT2D eigenvalue weighted by Gasteiger charge is -2.16. The molecule has 1 aromatic rings. The number of hydrogen-bond donors (Lipinski definition) is 0. The Morgan fingerprint density at radius 3 is 2.05 bits per heavy atom. The molecule has 3 radical (unpaired) electrons. The average Bonchev–Trinajstić information content (AvgIpc) is 2.38. The van der Waals surface area contributed by atoms with Gasteiger partial charge in [0, 0.05) is 9.90 Å². The summed E-state index contributed by atoms with van der Waals surface area (Å²) in [6.45, 7) is 3.59. The van der Waals surface area contributed by atoms with E-state index in [2.05, 4.69) is 0 Å². The van der Waals surface area contributed by atoms with E-state index in [-0.39, 0.29) is 28.9 Å². The molecule has 21 heavy (non-hydrogen) atoms. The van der Waals surface area contributed by atoms with Gasteiger partial charge in [0.05, 0.1) is 13.2 Å². The normalized spacial score (nSPS) is 11.9. The van der Waals surface area contributed by atoms with Gasteiger partial charge in [-0.1, -0.05) is 30.3 Å². The van der Waals surface area contributed by atoms with Crippen molar-refractivity contribution >= 4 is 27.6 Å². The predicted octanol–water partition coefficient (Wildman–Crippen LogP) is 3.62. The van der Waals surface area contributed by atoms with Crippen molar-refractivity contribution in [3.63, 3.8) is 0 Å². The van der Waals surface area contributed by atoms with E-state index in [1.165, 1.54) is 0 Å². The molecule has 0 atom stereocenters. The minimum atomic E-state index is -3.84. The van der Waals surface area contributed by atoms with Crippen molar-refractivity contribution in [2.45, 2.75) is 19.6 Å². The first-order valence-corrected chi connectivity index (χ1v) is 9.50. The third-order valence-electron chi connectivity index (χ3n) is 2.23. The summed E-state index contributed by atoms with van der Waals surface area (Å²) in [5, 5.41) is 0. The SMILES string of the molecule is CCOP(=O)(COS(=O)(=O)Cc1ccccc1)OCC.[P]. The van der Waals surface area contributed by atoms with Crippen LogP contribution in [0, 0.1) is 0 Å². The van der Waals surface area contributed by atoms with Gasteiger partial charge < -0.3 is 9.05 Å². The highest BCUT2D eigenvalue weighted by Crippen LogP contribution is 2.48. The van der Waals surface area contributed by atoms with Crippen molar-refractivity contribution in [2.24, 2.45) is 0 Å². The van der Waals surface area contributed by atoms with Crippen LogP contribution in [0.1, 0.15) is 19.4 Å². The van der Waals surface area contributed by atoms with Crippen molar-refractivity contribution in [2.75, 3.05) is 19.6 Å². The number of hydrogen-bond acceptors (Lipinski definition) is 6. The summed E-state index contributed by atoms with van der Waals surface area (Å²) >= 11 is 0. The van der Waals surface area contributed by atoms with E-state index in [1.54, 1.807) is 44.2 Å². The van der Waals surface area contributed by atoms with Crippen LogP contribution in [-0.2, 0) is 33.7 Å². The molecule has 6 nitrogen and oxygen atoms in total. The summed E-state index contributed by atoms with van der Waals surface area (Å²) < 4.78 is 50.4. The van der Waals surface area contributed by atoms with Gasteiger partial charge in [0.2, 0.25) is 0 Å². The lowest BCUT2D eigenvalue weighted by molar-refractivity contribution is 0.198. The van der Waals surface area contributed by atoms with Gasteiger partial charge in [-0.15, -0.1) is 0 Å². The highest BCUT2D eigenvalue weighted by atomic mass is 32.2. The lowest BCUT2D eigenvalue weighted by Crippen LogP contribution is -2.12. The predicted molar refractivity (Wildman–Crippen MR) is 82.8 cm³/mol. The first-order valence-electron chi connectivity index (χ1n) is 6.20. The molecule has 0 bridgehead atoms. The maximum Gasteiger partial charge on any atom is 0.357 e. The number of rotatable bonds is 9. The van der Waals surface area contributed by atoms with Crippen LogP contribution in [0.5, 0.6) is 0 Å². The molecule has 0 unspecified atom stereocenters. The summed E-state index contributed by atoms with van der Waals surface area (Å²) in [4.78, 5) is 0. The van der Waals surface area contributed by atoms with Crippen LogP contribution in [0.25, 0.3) is 0 Å². The summed E-state index contributed by atoms with van der Waals surface area (Å²) in [5.74, 6) is -0.286. The monoisotopic (exact) mass is 353 g/mol. The molecule has 119 valence electrons. The van der Waals surface area contributed by atoms with Gasteiger partial charge >= 0.3 is 7.60 Å². The Morgan fingerprint density at radius 2 is 1.57 bits per heavy atom. The van der Waals surface area contributed by atoms with Gasteiger partial charge in [-0.3, -0.25) is 8.75 Å². The standard InChI is InChI=1S/C12H19O6PS.P/c1-3-16-19(13,17-4-2)11-18-20(14,15)10-12-8-6-5-7-9-12;/h5-9H,3-4,10-11H2,1-2H3;. The van der Waals surface area contributed by atoms with Gasteiger partial charge in [0.15, 0.2) is 6.35 Å². The van der Waals surface area contributed by atoms with Crippen LogP contribution >= 0.6 is 17.5 Å². The number of benzene rings is 1. The van der Waals surface area contributed by atoms with Crippen LogP contribution in [-0.4, -0.2) is 28.0 Å².